The van der Waals surface area contributed by atoms with Gasteiger partial charge in [0.05, 0.1) is 28.1 Å². The number of aromatic nitrogens is 2. The van der Waals surface area contributed by atoms with Crippen molar-refractivity contribution in [2.75, 3.05) is 0 Å². The summed E-state index contributed by atoms with van der Waals surface area (Å²) in [6.45, 7) is 3.69. The Morgan fingerprint density at radius 3 is 2.71 bits per heavy atom. The number of rotatable bonds is 7. The van der Waals surface area contributed by atoms with Crippen molar-refractivity contribution in [2.45, 2.75) is 26.4 Å². The number of furan rings is 1. The number of nitro benzene ring substituents is 1. The summed E-state index contributed by atoms with van der Waals surface area (Å²) in [5, 5.41) is 17.9. The smallest absolute Gasteiger partial charge is 0.313 e. The number of benzene rings is 3. The molecule has 0 saturated heterocycles. The van der Waals surface area contributed by atoms with Gasteiger partial charge in [0.25, 0.3) is 5.56 Å². The van der Waals surface area contributed by atoms with Crippen LogP contribution in [0.2, 0.25) is 10.0 Å². The number of para-hydroxylation sites is 1. The molecule has 0 aliphatic carbocycles. The molecule has 38 heavy (non-hydrogen) atoms. The first kappa shape index (κ1) is 25.4. The van der Waals surface area contributed by atoms with E-state index in [0.717, 1.165) is 10.1 Å². The summed E-state index contributed by atoms with van der Waals surface area (Å²) in [6.07, 6.45) is 1.59. The fourth-order valence-corrected chi connectivity index (χ4v) is 4.28. The number of halogens is 2. The minimum absolute atomic E-state index is 0.000716. The van der Waals surface area contributed by atoms with Crippen molar-refractivity contribution >= 4 is 57.0 Å². The molecule has 2 heterocycles. The number of hydrogen-bond acceptors (Lipinski definition) is 7. The zero-order valence-electron chi connectivity index (χ0n) is 20.2. The van der Waals surface area contributed by atoms with Crippen LogP contribution in [-0.2, 0) is 0 Å². The molecule has 0 unspecified atom stereocenters. The van der Waals surface area contributed by atoms with Crippen molar-refractivity contribution < 1.29 is 14.1 Å². The van der Waals surface area contributed by atoms with Crippen molar-refractivity contribution in [2.24, 2.45) is 5.10 Å². The van der Waals surface area contributed by atoms with E-state index in [0.29, 0.717) is 27.9 Å². The maximum Gasteiger partial charge on any atom is 0.313 e. The molecule has 0 saturated carbocycles. The zero-order valence-corrected chi connectivity index (χ0v) is 21.7. The largest absolute Gasteiger partial charge is 0.483 e. The first-order chi connectivity index (χ1) is 18.2. The van der Waals surface area contributed by atoms with Gasteiger partial charge in [0.1, 0.15) is 5.58 Å². The van der Waals surface area contributed by atoms with E-state index in [1.807, 2.05) is 6.92 Å². The lowest BCUT2D eigenvalue weighted by atomic mass is 10.1. The summed E-state index contributed by atoms with van der Waals surface area (Å²) in [5.74, 6) is 0.424. The topological polar surface area (TPSA) is 113 Å². The van der Waals surface area contributed by atoms with Gasteiger partial charge in [-0.2, -0.15) is 9.78 Å². The highest BCUT2D eigenvalue weighted by Crippen LogP contribution is 2.35. The van der Waals surface area contributed by atoms with Gasteiger partial charge in [-0.05, 0) is 55.8 Å². The number of ether oxygens (including phenoxy) is 1. The fourth-order valence-electron chi connectivity index (χ4n) is 3.88. The van der Waals surface area contributed by atoms with Crippen molar-refractivity contribution in [1.82, 2.24) is 9.66 Å². The summed E-state index contributed by atoms with van der Waals surface area (Å²) < 4.78 is 12.9. The van der Waals surface area contributed by atoms with Gasteiger partial charge in [-0.25, -0.2) is 4.98 Å². The van der Waals surface area contributed by atoms with Gasteiger partial charge in [-0.3, -0.25) is 14.9 Å². The highest BCUT2D eigenvalue weighted by atomic mass is 35.5. The minimum Gasteiger partial charge on any atom is -0.483 e. The Labute approximate surface area is 226 Å². The Morgan fingerprint density at radius 1 is 1.16 bits per heavy atom. The zero-order chi connectivity index (χ0) is 27.0. The molecule has 0 spiro atoms. The highest BCUT2D eigenvalue weighted by molar-refractivity contribution is 6.31. The third-order valence-corrected chi connectivity index (χ3v) is 6.37. The van der Waals surface area contributed by atoms with Crippen molar-refractivity contribution in [1.29, 1.82) is 0 Å². The van der Waals surface area contributed by atoms with Crippen LogP contribution < -0.4 is 10.3 Å². The van der Waals surface area contributed by atoms with Gasteiger partial charge in [0, 0.05) is 27.1 Å². The van der Waals surface area contributed by atoms with E-state index in [4.69, 9.17) is 32.4 Å². The van der Waals surface area contributed by atoms with E-state index in [1.54, 1.807) is 55.5 Å². The standard InChI is InChI=1S/C27H20Cl2N4O5/c1-3-15(2)37-25-17(11-19(29)13-22(25)33(35)36)14-30-32-26(31-21-7-5-4-6-20(21)27(32)34)24-12-16-10-18(28)8-9-23(16)38-24/h4-15H,3H2,1-2H3/t15-/m0/s1. The first-order valence-electron chi connectivity index (χ1n) is 11.7. The number of nitro groups is 1. The van der Waals surface area contributed by atoms with Gasteiger partial charge in [-0.15, -0.1) is 0 Å². The molecule has 0 N–H and O–H groups in total. The van der Waals surface area contributed by atoms with Crippen LogP contribution in [0.1, 0.15) is 25.8 Å². The third kappa shape index (κ3) is 4.85. The van der Waals surface area contributed by atoms with Crippen molar-refractivity contribution in [3.63, 3.8) is 0 Å². The quantitative estimate of drug-likeness (QED) is 0.121. The molecule has 3 aromatic carbocycles. The van der Waals surface area contributed by atoms with Crippen LogP contribution in [0.4, 0.5) is 5.69 Å². The molecule has 9 nitrogen and oxygen atoms in total. The average Bonchev–Trinajstić information content (AvgIpc) is 3.32. The molecule has 192 valence electrons. The highest BCUT2D eigenvalue weighted by Gasteiger charge is 2.23. The van der Waals surface area contributed by atoms with E-state index in [1.165, 1.54) is 18.3 Å². The van der Waals surface area contributed by atoms with Gasteiger partial charge in [-0.1, -0.05) is 42.3 Å². The van der Waals surface area contributed by atoms with E-state index in [2.05, 4.69) is 10.1 Å². The molecule has 1 atom stereocenters. The maximum absolute atomic E-state index is 13.5. The van der Waals surface area contributed by atoms with Crippen LogP contribution in [0, 0.1) is 10.1 Å². The predicted molar refractivity (Wildman–Crippen MR) is 148 cm³/mol. The van der Waals surface area contributed by atoms with Crippen LogP contribution >= 0.6 is 23.2 Å². The predicted octanol–water partition coefficient (Wildman–Crippen LogP) is 7.08. The molecule has 2 aromatic heterocycles. The normalized spacial score (nSPS) is 12.4. The van der Waals surface area contributed by atoms with E-state index in [9.17, 15) is 14.9 Å². The van der Waals surface area contributed by atoms with E-state index in [-0.39, 0.29) is 39.7 Å². The SMILES string of the molecule is CC[C@H](C)Oc1c(C=Nn2c(-c3cc4cc(Cl)ccc4o3)nc3ccccc3c2=O)cc(Cl)cc1[N+](=O)[O-]. The van der Waals surface area contributed by atoms with Crippen LogP contribution in [0.25, 0.3) is 33.5 Å². The van der Waals surface area contributed by atoms with Crippen LogP contribution in [0.5, 0.6) is 5.75 Å². The Morgan fingerprint density at radius 2 is 1.95 bits per heavy atom. The minimum atomic E-state index is -0.574. The number of fused-ring (bicyclic) bond motifs is 2. The molecule has 5 rings (SSSR count). The number of hydrogen-bond donors (Lipinski definition) is 0. The Balaban J connectivity index is 1.73. The monoisotopic (exact) mass is 550 g/mol. The lowest BCUT2D eigenvalue weighted by Gasteiger charge is -2.15. The van der Waals surface area contributed by atoms with Crippen molar-refractivity contribution in [3.05, 3.63) is 96.7 Å². The molecular weight excluding hydrogens is 531 g/mol. The molecule has 11 heteroatoms. The molecule has 0 aliphatic rings. The van der Waals surface area contributed by atoms with Gasteiger partial charge >= 0.3 is 5.69 Å². The second-order valence-electron chi connectivity index (χ2n) is 8.54. The van der Waals surface area contributed by atoms with Gasteiger partial charge < -0.3 is 9.15 Å². The van der Waals surface area contributed by atoms with E-state index < -0.39 is 10.5 Å². The molecule has 0 bridgehead atoms. The fraction of sp³-hybridized carbons (Fsp3) is 0.148. The molecule has 0 amide bonds. The third-order valence-electron chi connectivity index (χ3n) is 5.92. The van der Waals surface area contributed by atoms with E-state index >= 15 is 0 Å². The van der Waals surface area contributed by atoms with Crippen LogP contribution in [-0.4, -0.2) is 26.9 Å². The second kappa shape index (κ2) is 10.3. The summed E-state index contributed by atoms with van der Waals surface area (Å²) >= 11 is 12.3. The summed E-state index contributed by atoms with van der Waals surface area (Å²) in [7, 11) is 0. The number of nitrogens with zero attached hydrogens (tertiary/aromatic N) is 4. The maximum atomic E-state index is 13.5. The van der Waals surface area contributed by atoms with Crippen molar-refractivity contribution in [3.8, 4) is 17.3 Å². The van der Waals surface area contributed by atoms with Crippen LogP contribution in [0.15, 0.2) is 75.0 Å². The molecule has 0 fully saturated rings. The van der Waals surface area contributed by atoms with Crippen LogP contribution in [0.3, 0.4) is 0 Å². The lowest BCUT2D eigenvalue weighted by molar-refractivity contribution is -0.386. The molecule has 0 aliphatic heterocycles. The second-order valence-corrected chi connectivity index (χ2v) is 9.42. The van der Waals surface area contributed by atoms with Gasteiger partial charge in [0.15, 0.2) is 5.76 Å². The molecule has 5 aromatic rings. The first-order valence-corrected chi connectivity index (χ1v) is 12.4. The Bertz CT molecular complexity index is 1790. The summed E-state index contributed by atoms with van der Waals surface area (Å²) in [6, 6.07) is 16.4. The Hall–Kier alpha value is -4.21. The average molecular weight is 551 g/mol. The summed E-state index contributed by atoms with van der Waals surface area (Å²) in [4.78, 5) is 29.4. The Kier molecular flexibility index (Phi) is 6.88. The van der Waals surface area contributed by atoms with Gasteiger partial charge in [0.2, 0.25) is 11.6 Å². The molecule has 0 radical (unpaired) electrons. The molecular formula is C27H20Cl2N4O5. The lowest BCUT2D eigenvalue weighted by Crippen LogP contribution is -2.20. The summed E-state index contributed by atoms with van der Waals surface area (Å²) in [5.41, 5.74) is 0.472.